The van der Waals surface area contributed by atoms with Gasteiger partial charge in [0.05, 0.1) is 12.7 Å². The molecule has 1 N–H and O–H groups in total. The van der Waals surface area contributed by atoms with Crippen molar-refractivity contribution in [2.24, 2.45) is 0 Å². The number of nitrogens with one attached hydrogen (secondary N) is 1. The monoisotopic (exact) mass is 442 g/mol. The Balaban J connectivity index is 2.44. The van der Waals surface area contributed by atoms with E-state index in [-0.39, 0.29) is 16.2 Å². The fourth-order valence-corrected chi connectivity index (χ4v) is 5.36. The Bertz CT molecular complexity index is 833. The molecule has 29 heavy (non-hydrogen) atoms. The SMILES string of the molecule is CC(C)(C)[Si](C)(C)OC1CO[C@@H](n2ccc(=O)[nH]c2=O)C1O[Si](C)(C)C(C)(C)C. The Morgan fingerprint density at radius 2 is 1.52 bits per heavy atom. The maximum absolute atomic E-state index is 12.4. The molecule has 0 bridgehead atoms. The first-order chi connectivity index (χ1) is 13.0. The van der Waals surface area contributed by atoms with Gasteiger partial charge >= 0.3 is 5.69 Å². The van der Waals surface area contributed by atoms with Crippen molar-refractivity contribution in [3.63, 3.8) is 0 Å². The molecule has 0 spiro atoms. The molecule has 1 aromatic heterocycles. The summed E-state index contributed by atoms with van der Waals surface area (Å²) in [5, 5.41) is 0.0407. The standard InChI is InChI=1S/C20H38N2O5Si2/c1-19(2,3)28(7,8)26-14-13-25-17(22-12-11-15(23)21-18(22)24)16(14)27-29(9,10)20(4,5)6/h11-12,14,16-17H,13H2,1-10H3,(H,21,23,24)/t14?,16?,17-/m1/s1. The molecule has 1 aliphatic rings. The molecular formula is C20H38N2O5Si2. The van der Waals surface area contributed by atoms with E-state index >= 15 is 0 Å². The number of hydrogen-bond acceptors (Lipinski definition) is 5. The fraction of sp³-hybridized carbons (Fsp3) is 0.800. The lowest BCUT2D eigenvalue weighted by Crippen LogP contribution is -2.52. The highest BCUT2D eigenvalue weighted by molar-refractivity contribution is 6.74. The molecule has 0 aromatic carbocycles. The lowest BCUT2D eigenvalue weighted by molar-refractivity contribution is -0.0134. The van der Waals surface area contributed by atoms with E-state index in [2.05, 4.69) is 72.7 Å². The van der Waals surface area contributed by atoms with E-state index in [0.717, 1.165) is 0 Å². The lowest BCUT2D eigenvalue weighted by atomic mass is 10.2. The fourth-order valence-electron chi connectivity index (χ4n) is 2.74. The van der Waals surface area contributed by atoms with Crippen molar-refractivity contribution in [3.05, 3.63) is 33.1 Å². The van der Waals surface area contributed by atoms with Crippen LogP contribution in [0.3, 0.4) is 0 Å². The predicted molar refractivity (Wildman–Crippen MR) is 120 cm³/mol. The van der Waals surface area contributed by atoms with Crippen molar-refractivity contribution in [2.45, 2.75) is 96.2 Å². The highest BCUT2D eigenvalue weighted by Gasteiger charge is 2.50. The van der Waals surface area contributed by atoms with Crippen LogP contribution in [0.15, 0.2) is 21.9 Å². The second-order valence-electron chi connectivity index (χ2n) is 11.0. The Morgan fingerprint density at radius 3 is 2.00 bits per heavy atom. The summed E-state index contributed by atoms with van der Waals surface area (Å²) < 4.78 is 20.9. The third-order valence-corrected chi connectivity index (χ3v) is 15.7. The molecule has 2 heterocycles. The van der Waals surface area contributed by atoms with Crippen LogP contribution in [0.5, 0.6) is 0 Å². The van der Waals surface area contributed by atoms with Crippen LogP contribution >= 0.6 is 0 Å². The van der Waals surface area contributed by atoms with Crippen LogP contribution in [0.4, 0.5) is 0 Å². The molecule has 9 heteroatoms. The minimum atomic E-state index is -2.17. The summed E-state index contributed by atoms with van der Waals surface area (Å²) in [6, 6.07) is 1.33. The zero-order chi connectivity index (χ0) is 22.4. The third-order valence-electron chi connectivity index (χ3n) is 6.69. The molecule has 1 aromatic rings. The van der Waals surface area contributed by atoms with Gasteiger partial charge in [0.1, 0.15) is 6.10 Å². The molecule has 0 radical (unpaired) electrons. The van der Waals surface area contributed by atoms with Crippen LogP contribution in [-0.4, -0.2) is 45.0 Å². The van der Waals surface area contributed by atoms with Gasteiger partial charge in [-0.1, -0.05) is 41.5 Å². The lowest BCUT2D eigenvalue weighted by Gasteiger charge is -2.43. The van der Waals surface area contributed by atoms with E-state index < -0.39 is 40.2 Å². The summed E-state index contributed by atoms with van der Waals surface area (Å²) in [5.74, 6) is 0. The van der Waals surface area contributed by atoms with Gasteiger partial charge in [0.15, 0.2) is 22.9 Å². The number of aromatic amines is 1. The van der Waals surface area contributed by atoms with E-state index in [1.165, 1.54) is 16.8 Å². The van der Waals surface area contributed by atoms with Crippen LogP contribution in [-0.2, 0) is 13.6 Å². The Morgan fingerprint density at radius 1 is 1.00 bits per heavy atom. The van der Waals surface area contributed by atoms with E-state index in [9.17, 15) is 9.59 Å². The Hall–Kier alpha value is -1.01. The molecule has 1 fully saturated rings. The molecule has 3 atom stereocenters. The van der Waals surface area contributed by atoms with Crippen LogP contribution in [0.25, 0.3) is 0 Å². The normalized spacial score (nSPS) is 24.1. The minimum absolute atomic E-state index is 0.00236. The number of rotatable bonds is 5. The van der Waals surface area contributed by atoms with Crippen molar-refractivity contribution in [3.8, 4) is 0 Å². The first-order valence-corrected chi connectivity index (χ1v) is 16.1. The quantitative estimate of drug-likeness (QED) is 0.701. The van der Waals surface area contributed by atoms with Gasteiger partial charge < -0.3 is 13.6 Å². The van der Waals surface area contributed by atoms with Gasteiger partial charge in [-0.15, -0.1) is 0 Å². The number of H-pyrrole nitrogens is 1. The summed E-state index contributed by atoms with van der Waals surface area (Å²) in [6.45, 7) is 22.3. The second kappa shape index (κ2) is 7.92. The van der Waals surface area contributed by atoms with Crippen LogP contribution < -0.4 is 11.2 Å². The molecule has 1 aliphatic heterocycles. The summed E-state index contributed by atoms with van der Waals surface area (Å²) in [5.41, 5.74) is -0.931. The summed E-state index contributed by atoms with van der Waals surface area (Å²) >= 11 is 0. The highest BCUT2D eigenvalue weighted by atomic mass is 28.4. The average molecular weight is 443 g/mol. The highest BCUT2D eigenvalue weighted by Crippen LogP contribution is 2.43. The van der Waals surface area contributed by atoms with Gasteiger partial charge in [0.25, 0.3) is 5.56 Å². The Labute approximate surface area is 176 Å². The summed E-state index contributed by atoms with van der Waals surface area (Å²) in [6.07, 6.45) is 0.147. The first kappa shape index (κ1) is 24.3. The smallest absolute Gasteiger partial charge is 0.330 e. The predicted octanol–water partition coefficient (Wildman–Crippen LogP) is 3.85. The zero-order valence-electron chi connectivity index (χ0n) is 19.6. The first-order valence-electron chi connectivity index (χ1n) is 10.2. The van der Waals surface area contributed by atoms with Crippen LogP contribution in [0, 0.1) is 0 Å². The molecule has 7 nitrogen and oxygen atoms in total. The van der Waals surface area contributed by atoms with E-state index in [4.69, 9.17) is 13.6 Å². The van der Waals surface area contributed by atoms with Crippen molar-refractivity contribution in [1.82, 2.24) is 9.55 Å². The minimum Gasteiger partial charge on any atom is -0.409 e. The largest absolute Gasteiger partial charge is 0.409 e. The maximum Gasteiger partial charge on any atom is 0.330 e. The van der Waals surface area contributed by atoms with Crippen molar-refractivity contribution < 1.29 is 13.6 Å². The molecule has 2 unspecified atom stereocenters. The Kier molecular flexibility index (Phi) is 6.63. The van der Waals surface area contributed by atoms with Gasteiger partial charge in [-0.2, -0.15) is 0 Å². The van der Waals surface area contributed by atoms with Gasteiger partial charge in [0, 0.05) is 12.3 Å². The van der Waals surface area contributed by atoms with E-state index in [0.29, 0.717) is 6.61 Å². The molecule has 0 saturated carbocycles. The van der Waals surface area contributed by atoms with Crippen LogP contribution in [0.2, 0.25) is 36.3 Å². The summed E-state index contributed by atoms with van der Waals surface area (Å²) in [4.78, 5) is 26.3. The topological polar surface area (TPSA) is 82.5 Å². The van der Waals surface area contributed by atoms with Gasteiger partial charge in [-0.3, -0.25) is 14.3 Å². The molecule has 166 valence electrons. The number of hydrogen-bond donors (Lipinski definition) is 1. The van der Waals surface area contributed by atoms with Crippen molar-refractivity contribution in [1.29, 1.82) is 0 Å². The molecule has 0 aliphatic carbocycles. The van der Waals surface area contributed by atoms with E-state index in [1.807, 2.05) is 0 Å². The molecule has 1 saturated heterocycles. The number of ether oxygens (including phenoxy) is 1. The average Bonchev–Trinajstić information content (AvgIpc) is 2.86. The van der Waals surface area contributed by atoms with Crippen molar-refractivity contribution in [2.75, 3.05) is 6.61 Å². The molecular weight excluding hydrogens is 404 g/mol. The van der Waals surface area contributed by atoms with E-state index in [1.54, 1.807) is 0 Å². The molecule has 2 rings (SSSR count). The zero-order valence-corrected chi connectivity index (χ0v) is 21.6. The third kappa shape index (κ3) is 5.19. The molecule has 0 amide bonds. The second-order valence-corrected chi connectivity index (χ2v) is 20.5. The number of aromatic nitrogens is 2. The number of nitrogens with zero attached hydrogens (tertiary/aromatic N) is 1. The van der Waals surface area contributed by atoms with Gasteiger partial charge in [0.2, 0.25) is 0 Å². The van der Waals surface area contributed by atoms with Gasteiger partial charge in [-0.25, -0.2) is 4.79 Å². The summed E-state index contributed by atoms with van der Waals surface area (Å²) in [7, 11) is -4.24. The van der Waals surface area contributed by atoms with Gasteiger partial charge in [-0.05, 0) is 36.3 Å². The van der Waals surface area contributed by atoms with Crippen LogP contribution in [0.1, 0.15) is 47.8 Å². The maximum atomic E-state index is 12.4. The van der Waals surface area contributed by atoms with Crippen molar-refractivity contribution >= 4 is 16.6 Å².